The van der Waals surface area contributed by atoms with E-state index in [1.54, 1.807) is 12.3 Å². The molecule has 0 saturated heterocycles. The first kappa shape index (κ1) is 14.8. The SMILES string of the molecule is Cc1ccc(C#CCN)c(NC(=O)c2ncccc2C)c1. The van der Waals surface area contributed by atoms with Gasteiger partial charge in [-0.15, -0.1) is 0 Å². The lowest BCUT2D eigenvalue weighted by Gasteiger charge is -2.09. The number of rotatable bonds is 2. The van der Waals surface area contributed by atoms with Crippen LogP contribution in [0.3, 0.4) is 0 Å². The lowest BCUT2D eigenvalue weighted by molar-refractivity contribution is 0.102. The molecule has 1 amide bonds. The molecule has 1 aromatic heterocycles. The highest BCUT2D eigenvalue weighted by molar-refractivity contribution is 6.04. The van der Waals surface area contributed by atoms with Crippen LogP contribution in [0.2, 0.25) is 0 Å². The summed E-state index contributed by atoms with van der Waals surface area (Å²) in [4.78, 5) is 16.4. The summed E-state index contributed by atoms with van der Waals surface area (Å²) in [6, 6.07) is 9.36. The first-order valence-corrected chi connectivity index (χ1v) is 6.64. The number of carbonyl (C=O) groups is 1. The zero-order valence-electron chi connectivity index (χ0n) is 12.1. The van der Waals surface area contributed by atoms with E-state index in [1.807, 2.05) is 38.1 Å². The van der Waals surface area contributed by atoms with Crippen molar-refractivity contribution in [1.82, 2.24) is 4.98 Å². The second-order valence-corrected chi connectivity index (χ2v) is 4.68. The van der Waals surface area contributed by atoms with E-state index in [0.717, 1.165) is 16.7 Å². The quantitative estimate of drug-likeness (QED) is 0.829. The minimum Gasteiger partial charge on any atom is -0.320 e. The average molecular weight is 279 g/mol. The molecule has 0 spiro atoms. The number of anilines is 1. The van der Waals surface area contributed by atoms with Gasteiger partial charge in [0, 0.05) is 11.8 Å². The molecule has 0 saturated carbocycles. The molecule has 0 fully saturated rings. The molecule has 1 heterocycles. The number of nitrogens with zero attached hydrogens (tertiary/aromatic N) is 1. The predicted molar refractivity (Wildman–Crippen MR) is 84.0 cm³/mol. The molecule has 21 heavy (non-hydrogen) atoms. The highest BCUT2D eigenvalue weighted by atomic mass is 16.1. The summed E-state index contributed by atoms with van der Waals surface area (Å²) in [7, 11) is 0. The second kappa shape index (κ2) is 6.69. The van der Waals surface area contributed by atoms with Crippen LogP contribution in [-0.4, -0.2) is 17.4 Å². The molecular formula is C17H17N3O. The number of nitrogens with one attached hydrogen (secondary N) is 1. The molecule has 2 rings (SSSR count). The van der Waals surface area contributed by atoms with E-state index in [9.17, 15) is 4.79 Å². The third kappa shape index (κ3) is 3.68. The fourth-order valence-corrected chi connectivity index (χ4v) is 1.92. The van der Waals surface area contributed by atoms with Crippen LogP contribution in [0, 0.1) is 25.7 Å². The van der Waals surface area contributed by atoms with Crippen LogP contribution in [-0.2, 0) is 0 Å². The Bertz CT molecular complexity index is 726. The first-order chi connectivity index (χ1) is 10.1. The van der Waals surface area contributed by atoms with Gasteiger partial charge < -0.3 is 11.1 Å². The zero-order valence-corrected chi connectivity index (χ0v) is 12.1. The second-order valence-electron chi connectivity index (χ2n) is 4.68. The van der Waals surface area contributed by atoms with Crippen molar-refractivity contribution >= 4 is 11.6 Å². The van der Waals surface area contributed by atoms with E-state index in [1.165, 1.54) is 0 Å². The van der Waals surface area contributed by atoms with Crippen LogP contribution in [0.1, 0.15) is 27.2 Å². The summed E-state index contributed by atoms with van der Waals surface area (Å²) in [6.45, 7) is 4.09. The van der Waals surface area contributed by atoms with E-state index in [-0.39, 0.29) is 12.5 Å². The number of nitrogens with two attached hydrogens (primary N) is 1. The van der Waals surface area contributed by atoms with Gasteiger partial charge in [0.05, 0.1) is 12.2 Å². The van der Waals surface area contributed by atoms with Crippen LogP contribution < -0.4 is 11.1 Å². The Hall–Kier alpha value is -2.64. The third-order valence-corrected chi connectivity index (χ3v) is 2.97. The molecule has 4 heteroatoms. The maximum atomic E-state index is 12.3. The molecule has 0 aliphatic rings. The van der Waals surface area contributed by atoms with Crippen molar-refractivity contribution in [3.63, 3.8) is 0 Å². The fourth-order valence-electron chi connectivity index (χ4n) is 1.92. The standard InChI is InChI=1S/C17H17N3O/c1-12-7-8-14(6-3-9-18)15(11-12)20-17(21)16-13(2)5-4-10-19-16/h4-5,7-8,10-11H,9,18H2,1-2H3,(H,20,21). The lowest BCUT2D eigenvalue weighted by atomic mass is 10.1. The molecule has 0 atom stereocenters. The molecule has 106 valence electrons. The predicted octanol–water partition coefficient (Wildman–Crippen LogP) is 2.26. The van der Waals surface area contributed by atoms with Gasteiger partial charge in [0.15, 0.2) is 0 Å². The summed E-state index contributed by atoms with van der Waals surface area (Å²) in [5.41, 5.74) is 9.10. The van der Waals surface area contributed by atoms with Crippen LogP contribution in [0.4, 0.5) is 5.69 Å². The Balaban J connectivity index is 2.33. The van der Waals surface area contributed by atoms with Crippen LogP contribution in [0.15, 0.2) is 36.5 Å². The molecular weight excluding hydrogens is 262 g/mol. The smallest absolute Gasteiger partial charge is 0.274 e. The summed E-state index contributed by atoms with van der Waals surface area (Å²) in [5, 5.41) is 2.87. The van der Waals surface area contributed by atoms with Crippen molar-refractivity contribution in [2.45, 2.75) is 13.8 Å². The number of aryl methyl sites for hydroxylation is 2. The topological polar surface area (TPSA) is 68.0 Å². The van der Waals surface area contributed by atoms with Crippen molar-refractivity contribution in [3.8, 4) is 11.8 Å². The number of aromatic nitrogens is 1. The molecule has 0 bridgehead atoms. The molecule has 4 nitrogen and oxygen atoms in total. The maximum absolute atomic E-state index is 12.3. The van der Waals surface area contributed by atoms with Gasteiger partial charge in [0.2, 0.25) is 0 Å². The van der Waals surface area contributed by atoms with E-state index >= 15 is 0 Å². The summed E-state index contributed by atoms with van der Waals surface area (Å²) < 4.78 is 0. The Kier molecular flexibility index (Phi) is 4.70. The monoisotopic (exact) mass is 279 g/mol. The van der Waals surface area contributed by atoms with Crippen molar-refractivity contribution in [3.05, 3.63) is 58.9 Å². The van der Waals surface area contributed by atoms with E-state index in [4.69, 9.17) is 5.73 Å². The maximum Gasteiger partial charge on any atom is 0.274 e. The number of benzene rings is 1. The first-order valence-electron chi connectivity index (χ1n) is 6.64. The highest BCUT2D eigenvalue weighted by Crippen LogP contribution is 2.18. The van der Waals surface area contributed by atoms with Crippen molar-refractivity contribution in [2.75, 3.05) is 11.9 Å². The fraction of sp³-hybridized carbons (Fsp3) is 0.176. The van der Waals surface area contributed by atoms with Crippen LogP contribution in [0.25, 0.3) is 0 Å². The summed E-state index contributed by atoms with van der Waals surface area (Å²) in [6.07, 6.45) is 1.60. The molecule has 0 radical (unpaired) electrons. The molecule has 2 aromatic rings. The Morgan fingerprint density at radius 1 is 1.33 bits per heavy atom. The lowest BCUT2D eigenvalue weighted by Crippen LogP contribution is -2.16. The minimum atomic E-state index is -0.241. The van der Waals surface area contributed by atoms with Gasteiger partial charge in [-0.2, -0.15) is 0 Å². The van der Waals surface area contributed by atoms with Crippen molar-refractivity contribution in [2.24, 2.45) is 5.73 Å². The summed E-state index contributed by atoms with van der Waals surface area (Å²) >= 11 is 0. The number of hydrogen-bond acceptors (Lipinski definition) is 3. The molecule has 1 aromatic carbocycles. The van der Waals surface area contributed by atoms with Crippen LogP contribution in [0.5, 0.6) is 0 Å². The number of hydrogen-bond donors (Lipinski definition) is 2. The minimum absolute atomic E-state index is 0.241. The van der Waals surface area contributed by atoms with Gasteiger partial charge in [-0.3, -0.25) is 9.78 Å². The molecule has 0 aliphatic carbocycles. The Morgan fingerprint density at radius 2 is 2.14 bits per heavy atom. The Labute approximate surface area is 124 Å². The average Bonchev–Trinajstić information content (AvgIpc) is 2.47. The van der Waals surface area contributed by atoms with Crippen LogP contribution >= 0.6 is 0 Å². The van der Waals surface area contributed by atoms with Gasteiger partial charge >= 0.3 is 0 Å². The van der Waals surface area contributed by atoms with E-state index < -0.39 is 0 Å². The largest absolute Gasteiger partial charge is 0.320 e. The number of pyridine rings is 1. The summed E-state index contributed by atoms with van der Waals surface area (Å²) in [5.74, 6) is 5.52. The molecule has 0 aliphatic heterocycles. The van der Waals surface area contributed by atoms with E-state index in [0.29, 0.717) is 11.4 Å². The number of amides is 1. The van der Waals surface area contributed by atoms with Crippen molar-refractivity contribution in [1.29, 1.82) is 0 Å². The van der Waals surface area contributed by atoms with Gasteiger partial charge in [-0.05, 0) is 43.2 Å². The van der Waals surface area contributed by atoms with Gasteiger partial charge in [0.1, 0.15) is 5.69 Å². The van der Waals surface area contributed by atoms with Gasteiger partial charge in [0.25, 0.3) is 5.91 Å². The zero-order chi connectivity index (χ0) is 15.2. The van der Waals surface area contributed by atoms with Gasteiger partial charge in [-0.25, -0.2) is 0 Å². The highest BCUT2D eigenvalue weighted by Gasteiger charge is 2.12. The number of carbonyl (C=O) groups excluding carboxylic acids is 1. The van der Waals surface area contributed by atoms with E-state index in [2.05, 4.69) is 22.1 Å². The van der Waals surface area contributed by atoms with Crippen molar-refractivity contribution < 1.29 is 4.79 Å². The Morgan fingerprint density at radius 3 is 2.86 bits per heavy atom. The molecule has 3 N–H and O–H groups in total. The molecule has 0 unspecified atom stereocenters. The third-order valence-electron chi connectivity index (χ3n) is 2.97. The van der Waals surface area contributed by atoms with Gasteiger partial charge in [-0.1, -0.05) is 24.0 Å². The normalized spacial score (nSPS) is 9.67.